The van der Waals surface area contributed by atoms with E-state index in [4.69, 9.17) is 5.84 Å². The molecule has 1 atom stereocenters. The Morgan fingerprint density at radius 2 is 2.25 bits per heavy atom. The molecule has 0 saturated carbocycles. The Bertz CT molecular complexity index is 474. The van der Waals surface area contributed by atoms with Gasteiger partial charge in [-0.25, -0.2) is 5.84 Å². The summed E-state index contributed by atoms with van der Waals surface area (Å²) in [6, 6.07) is 7.49. The molecule has 110 valence electrons. The molecule has 4 N–H and O–H groups in total. The van der Waals surface area contributed by atoms with E-state index in [0.29, 0.717) is 5.56 Å². The summed E-state index contributed by atoms with van der Waals surface area (Å²) in [5.41, 5.74) is 3.27. The molecule has 1 amide bonds. The standard InChI is InChI=1S/C15H23N3O2/c1-15(20)6-3-8-18(9-7-15)11-12-4-2-5-13(10-12)14(19)17-16/h2,4-5,10,20H,3,6-9,11,16H2,1H3,(H,17,19). The molecule has 1 saturated heterocycles. The number of hydrogen-bond donors (Lipinski definition) is 3. The largest absolute Gasteiger partial charge is 0.390 e. The van der Waals surface area contributed by atoms with E-state index in [0.717, 1.165) is 44.5 Å². The lowest BCUT2D eigenvalue weighted by Crippen LogP contribution is -2.30. The highest BCUT2D eigenvalue weighted by Gasteiger charge is 2.24. The first kappa shape index (κ1) is 15.0. The van der Waals surface area contributed by atoms with Crippen molar-refractivity contribution in [1.82, 2.24) is 10.3 Å². The molecule has 0 radical (unpaired) electrons. The van der Waals surface area contributed by atoms with Gasteiger partial charge in [0.1, 0.15) is 0 Å². The number of rotatable bonds is 3. The average Bonchev–Trinajstić information content (AvgIpc) is 2.60. The molecule has 1 unspecified atom stereocenters. The zero-order valence-electron chi connectivity index (χ0n) is 11.9. The molecule has 0 aromatic heterocycles. The maximum atomic E-state index is 11.5. The summed E-state index contributed by atoms with van der Waals surface area (Å²) < 4.78 is 0. The zero-order valence-corrected chi connectivity index (χ0v) is 11.9. The van der Waals surface area contributed by atoms with Crippen LogP contribution in [-0.4, -0.2) is 34.6 Å². The van der Waals surface area contributed by atoms with E-state index < -0.39 is 5.60 Å². The van der Waals surface area contributed by atoms with Crippen LogP contribution in [0.4, 0.5) is 0 Å². The van der Waals surface area contributed by atoms with Crippen LogP contribution >= 0.6 is 0 Å². The maximum Gasteiger partial charge on any atom is 0.265 e. The number of hydrogen-bond acceptors (Lipinski definition) is 4. The molecule has 20 heavy (non-hydrogen) atoms. The number of hydrazine groups is 1. The topological polar surface area (TPSA) is 78.6 Å². The molecule has 0 bridgehead atoms. The molecule has 1 aliphatic heterocycles. The summed E-state index contributed by atoms with van der Waals surface area (Å²) in [5, 5.41) is 10.1. The fraction of sp³-hybridized carbons (Fsp3) is 0.533. The van der Waals surface area contributed by atoms with Gasteiger partial charge in [0.2, 0.25) is 0 Å². The van der Waals surface area contributed by atoms with Gasteiger partial charge in [-0.05, 0) is 50.4 Å². The summed E-state index contributed by atoms with van der Waals surface area (Å²) >= 11 is 0. The zero-order chi connectivity index (χ0) is 14.6. The van der Waals surface area contributed by atoms with Crippen molar-refractivity contribution in [3.63, 3.8) is 0 Å². The quantitative estimate of drug-likeness (QED) is 0.438. The van der Waals surface area contributed by atoms with Crippen molar-refractivity contribution < 1.29 is 9.90 Å². The Morgan fingerprint density at radius 3 is 3.00 bits per heavy atom. The molecular formula is C15H23N3O2. The number of carbonyl (C=O) groups is 1. The van der Waals surface area contributed by atoms with Gasteiger partial charge in [-0.15, -0.1) is 0 Å². The minimum absolute atomic E-state index is 0.273. The number of benzene rings is 1. The predicted molar refractivity (Wildman–Crippen MR) is 77.8 cm³/mol. The van der Waals surface area contributed by atoms with Crippen LogP contribution in [0, 0.1) is 0 Å². The first-order valence-corrected chi connectivity index (χ1v) is 7.05. The maximum absolute atomic E-state index is 11.5. The van der Waals surface area contributed by atoms with Crippen LogP contribution in [0.5, 0.6) is 0 Å². The Balaban J connectivity index is 2.01. The molecule has 0 spiro atoms. The normalized spacial score (nSPS) is 24.1. The summed E-state index contributed by atoms with van der Waals surface area (Å²) in [4.78, 5) is 13.8. The summed E-state index contributed by atoms with van der Waals surface area (Å²) in [6.45, 7) is 4.55. The molecular weight excluding hydrogens is 254 g/mol. The highest BCUT2D eigenvalue weighted by molar-refractivity contribution is 5.93. The Labute approximate surface area is 119 Å². The van der Waals surface area contributed by atoms with Crippen LogP contribution in [0.1, 0.15) is 42.1 Å². The lowest BCUT2D eigenvalue weighted by atomic mass is 9.98. The van der Waals surface area contributed by atoms with E-state index in [9.17, 15) is 9.90 Å². The summed E-state index contributed by atoms with van der Waals surface area (Å²) in [6.07, 6.45) is 2.63. The van der Waals surface area contributed by atoms with Crippen molar-refractivity contribution in [3.8, 4) is 0 Å². The number of nitrogens with two attached hydrogens (primary N) is 1. The van der Waals surface area contributed by atoms with E-state index in [1.165, 1.54) is 0 Å². The molecule has 1 aromatic rings. The van der Waals surface area contributed by atoms with Crippen LogP contribution in [0.25, 0.3) is 0 Å². The minimum atomic E-state index is -0.546. The third kappa shape index (κ3) is 4.03. The molecule has 2 rings (SSSR count). The lowest BCUT2D eigenvalue weighted by molar-refractivity contribution is 0.0444. The molecule has 1 aromatic carbocycles. The van der Waals surface area contributed by atoms with Crippen molar-refractivity contribution in [2.24, 2.45) is 5.84 Å². The van der Waals surface area contributed by atoms with Gasteiger partial charge in [0.15, 0.2) is 0 Å². The van der Waals surface area contributed by atoms with Gasteiger partial charge >= 0.3 is 0 Å². The van der Waals surface area contributed by atoms with Gasteiger partial charge in [0, 0.05) is 18.7 Å². The second-order valence-electron chi connectivity index (χ2n) is 5.80. The number of nitrogens with one attached hydrogen (secondary N) is 1. The number of nitrogens with zero attached hydrogens (tertiary/aromatic N) is 1. The van der Waals surface area contributed by atoms with Crippen LogP contribution in [0.15, 0.2) is 24.3 Å². The molecule has 1 fully saturated rings. The molecule has 5 nitrogen and oxygen atoms in total. The molecule has 0 aliphatic carbocycles. The van der Waals surface area contributed by atoms with Crippen molar-refractivity contribution in [2.45, 2.75) is 38.3 Å². The van der Waals surface area contributed by atoms with Gasteiger partial charge in [0.05, 0.1) is 5.60 Å². The average molecular weight is 277 g/mol. The first-order valence-electron chi connectivity index (χ1n) is 7.05. The number of likely N-dealkylation sites (tertiary alicyclic amines) is 1. The minimum Gasteiger partial charge on any atom is -0.390 e. The van der Waals surface area contributed by atoms with Crippen molar-refractivity contribution in [1.29, 1.82) is 0 Å². The molecule has 1 aliphatic rings. The lowest BCUT2D eigenvalue weighted by Gasteiger charge is -2.22. The van der Waals surface area contributed by atoms with Gasteiger partial charge in [-0.1, -0.05) is 12.1 Å². The van der Waals surface area contributed by atoms with Crippen molar-refractivity contribution in [3.05, 3.63) is 35.4 Å². The van der Waals surface area contributed by atoms with Crippen LogP contribution in [0.2, 0.25) is 0 Å². The Morgan fingerprint density at radius 1 is 1.45 bits per heavy atom. The molecule has 1 heterocycles. The van der Waals surface area contributed by atoms with Crippen LogP contribution in [0.3, 0.4) is 0 Å². The second-order valence-corrected chi connectivity index (χ2v) is 5.80. The van der Waals surface area contributed by atoms with Crippen LogP contribution in [-0.2, 0) is 6.54 Å². The van der Waals surface area contributed by atoms with Gasteiger partial charge in [-0.2, -0.15) is 0 Å². The number of aliphatic hydroxyl groups is 1. The van der Waals surface area contributed by atoms with Crippen LogP contribution < -0.4 is 11.3 Å². The van der Waals surface area contributed by atoms with Gasteiger partial charge in [-0.3, -0.25) is 15.1 Å². The molecule has 5 heteroatoms. The van der Waals surface area contributed by atoms with Crippen molar-refractivity contribution >= 4 is 5.91 Å². The number of nitrogen functional groups attached to an aromatic ring is 1. The predicted octanol–water partition coefficient (Wildman–Crippen LogP) is 1.03. The monoisotopic (exact) mass is 277 g/mol. The van der Waals surface area contributed by atoms with E-state index >= 15 is 0 Å². The SMILES string of the molecule is CC1(O)CCCN(Cc2cccc(C(=O)NN)c2)CC1. The highest BCUT2D eigenvalue weighted by atomic mass is 16.3. The third-order valence-corrected chi connectivity index (χ3v) is 3.88. The van der Waals surface area contributed by atoms with E-state index in [1.54, 1.807) is 6.07 Å². The number of carbonyl (C=O) groups excluding carboxylic acids is 1. The highest BCUT2D eigenvalue weighted by Crippen LogP contribution is 2.22. The smallest absolute Gasteiger partial charge is 0.265 e. The van der Waals surface area contributed by atoms with Gasteiger partial charge < -0.3 is 5.11 Å². The Hall–Kier alpha value is -1.43. The fourth-order valence-corrected chi connectivity index (χ4v) is 2.63. The van der Waals surface area contributed by atoms with E-state index in [1.807, 2.05) is 25.1 Å². The van der Waals surface area contributed by atoms with E-state index in [2.05, 4.69) is 10.3 Å². The van der Waals surface area contributed by atoms with Crippen molar-refractivity contribution in [2.75, 3.05) is 13.1 Å². The first-order chi connectivity index (χ1) is 9.50. The third-order valence-electron chi connectivity index (χ3n) is 3.88. The number of amides is 1. The second kappa shape index (κ2) is 6.35. The van der Waals surface area contributed by atoms with Gasteiger partial charge in [0.25, 0.3) is 5.91 Å². The summed E-state index contributed by atoms with van der Waals surface area (Å²) in [7, 11) is 0. The fourth-order valence-electron chi connectivity index (χ4n) is 2.63. The van der Waals surface area contributed by atoms with E-state index in [-0.39, 0.29) is 5.91 Å². The summed E-state index contributed by atoms with van der Waals surface area (Å²) in [5.74, 6) is 4.88. The Kier molecular flexibility index (Phi) is 4.75.